The molecule has 3 saturated heterocycles. The second kappa shape index (κ2) is 13.5. The first-order chi connectivity index (χ1) is 18.5. The fourth-order valence-corrected chi connectivity index (χ4v) is 5.69. The van der Waals surface area contributed by atoms with Gasteiger partial charge < -0.3 is 37.9 Å². The summed E-state index contributed by atoms with van der Waals surface area (Å²) < 4.78 is 48.4. The number of esters is 3. The SMILES string of the molecule is C=CC[C@]1(C)CCC2(OC)O[C@H]3C(OCCCC)C(C[C@H](COC(C)=O)OC(C)=O)OC3[C@H](OC(C)=O)[C@H]2O1. The Morgan fingerprint density at radius 3 is 2.38 bits per heavy atom. The van der Waals surface area contributed by atoms with Crippen LogP contribution >= 0.6 is 0 Å². The van der Waals surface area contributed by atoms with Gasteiger partial charge in [0.05, 0.1) is 11.7 Å². The van der Waals surface area contributed by atoms with E-state index in [0.29, 0.717) is 25.9 Å². The second-order valence-electron chi connectivity index (χ2n) is 10.8. The molecule has 3 aliphatic rings. The van der Waals surface area contributed by atoms with E-state index < -0.39 is 72.0 Å². The summed E-state index contributed by atoms with van der Waals surface area (Å²) >= 11 is 0. The van der Waals surface area contributed by atoms with Crippen LogP contribution in [0.25, 0.3) is 0 Å². The maximum absolute atomic E-state index is 12.3. The summed E-state index contributed by atoms with van der Waals surface area (Å²) in [5, 5.41) is 0. The second-order valence-corrected chi connectivity index (χ2v) is 10.8. The van der Waals surface area contributed by atoms with E-state index in [1.807, 2.05) is 6.92 Å². The van der Waals surface area contributed by atoms with Crippen molar-refractivity contribution in [1.82, 2.24) is 0 Å². The molecule has 3 rings (SSSR count). The minimum absolute atomic E-state index is 0.131. The van der Waals surface area contributed by atoms with Crippen LogP contribution in [-0.4, -0.2) is 92.3 Å². The molecular formula is C28H44O11. The first kappa shape index (κ1) is 31.5. The van der Waals surface area contributed by atoms with E-state index in [-0.39, 0.29) is 13.0 Å². The Balaban J connectivity index is 1.96. The lowest BCUT2D eigenvalue weighted by molar-refractivity contribution is -0.393. The lowest BCUT2D eigenvalue weighted by atomic mass is 9.81. The molecule has 0 N–H and O–H groups in total. The molecule has 0 aromatic rings. The molecule has 0 saturated carbocycles. The molecule has 11 nitrogen and oxygen atoms in total. The van der Waals surface area contributed by atoms with E-state index in [1.165, 1.54) is 20.8 Å². The van der Waals surface area contributed by atoms with Crippen LogP contribution in [0.3, 0.4) is 0 Å². The van der Waals surface area contributed by atoms with Crippen molar-refractivity contribution in [3.8, 4) is 0 Å². The fourth-order valence-electron chi connectivity index (χ4n) is 5.69. The predicted octanol–water partition coefficient (Wildman–Crippen LogP) is 3.01. The number of rotatable bonds is 13. The van der Waals surface area contributed by atoms with Crippen LogP contribution in [0.2, 0.25) is 0 Å². The molecule has 0 aliphatic carbocycles. The molecule has 0 aromatic heterocycles. The molecule has 0 spiro atoms. The molecule has 0 aromatic carbocycles. The van der Waals surface area contributed by atoms with Crippen LogP contribution in [0.1, 0.15) is 73.1 Å². The molecular weight excluding hydrogens is 512 g/mol. The number of fused-ring (bicyclic) bond motifs is 2. The number of unbranched alkanes of at least 4 members (excludes halogenated alkanes) is 1. The highest BCUT2D eigenvalue weighted by atomic mass is 16.8. The molecule has 0 bridgehead atoms. The maximum atomic E-state index is 12.3. The van der Waals surface area contributed by atoms with Crippen LogP contribution in [-0.2, 0) is 52.3 Å². The van der Waals surface area contributed by atoms with Gasteiger partial charge in [0.15, 0.2) is 18.0 Å². The molecule has 3 heterocycles. The molecule has 4 unspecified atom stereocenters. The molecule has 3 aliphatic heterocycles. The van der Waals surface area contributed by atoms with Crippen molar-refractivity contribution in [2.24, 2.45) is 0 Å². The normalized spacial score (nSPS) is 36.3. The summed E-state index contributed by atoms with van der Waals surface area (Å²) in [7, 11) is 1.55. The summed E-state index contributed by atoms with van der Waals surface area (Å²) in [5.41, 5.74) is -0.553. The first-order valence-electron chi connectivity index (χ1n) is 13.7. The largest absolute Gasteiger partial charge is 0.462 e. The van der Waals surface area contributed by atoms with Gasteiger partial charge in [-0.25, -0.2) is 0 Å². The van der Waals surface area contributed by atoms with Crippen LogP contribution < -0.4 is 0 Å². The Morgan fingerprint density at radius 1 is 1.05 bits per heavy atom. The van der Waals surface area contributed by atoms with Gasteiger partial charge in [-0.2, -0.15) is 0 Å². The van der Waals surface area contributed by atoms with E-state index in [0.717, 1.165) is 12.8 Å². The van der Waals surface area contributed by atoms with E-state index in [2.05, 4.69) is 13.5 Å². The van der Waals surface area contributed by atoms with Gasteiger partial charge in [-0.1, -0.05) is 19.4 Å². The van der Waals surface area contributed by atoms with Crippen LogP contribution in [0.4, 0.5) is 0 Å². The Bertz CT molecular complexity index is 878. The number of ether oxygens (including phenoxy) is 8. The van der Waals surface area contributed by atoms with Crippen LogP contribution in [0.5, 0.6) is 0 Å². The molecule has 3 fully saturated rings. The van der Waals surface area contributed by atoms with E-state index >= 15 is 0 Å². The van der Waals surface area contributed by atoms with Gasteiger partial charge in [0.25, 0.3) is 0 Å². The number of methoxy groups -OCH3 is 1. The first-order valence-corrected chi connectivity index (χ1v) is 13.7. The summed E-state index contributed by atoms with van der Waals surface area (Å²) in [5.74, 6) is -2.69. The van der Waals surface area contributed by atoms with Crippen molar-refractivity contribution < 1.29 is 52.3 Å². The maximum Gasteiger partial charge on any atom is 0.303 e. The quantitative estimate of drug-likeness (QED) is 0.144. The minimum atomic E-state index is -1.19. The number of carbonyl (C=O) groups is 3. The highest BCUT2D eigenvalue weighted by molar-refractivity contribution is 5.67. The van der Waals surface area contributed by atoms with Gasteiger partial charge in [0, 0.05) is 47.3 Å². The highest BCUT2D eigenvalue weighted by Gasteiger charge is 2.66. The third-order valence-electron chi connectivity index (χ3n) is 7.48. The van der Waals surface area contributed by atoms with Crippen molar-refractivity contribution in [2.45, 2.75) is 127 Å². The Kier molecular flexibility index (Phi) is 10.9. The van der Waals surface area contributed by atoms with Crippen LogP contribution in [0.15, 0.2) is 12.7 Å². The highest BCUT2D eigenvalue weighted by Crippen LogP contribution is 2.50. The van der Waals surface area contributed by atoms with E-state index in [9.17, 15) is 14.4 Å². The summed E-state index contributed by atoms with van der Waals surface area (Å²) in [6.07, 6.45) is 0.420. The zero-order valence-electron chi connectivity index (χ0n) is 24.0. The van der Waals surface area contributed by atoms with Crippen molar-refractivity contribution in [1.29, 1.82) is 0 Å². The molecule has 0 amide bonds. The lowest BCUT2D eigenvalue weighted by Crippen LogP contribution is -2.70. The standard InChI is InChI=1S/C28H44O11/c1-8-10-14-33-22-21(15-20(35-18(4)30)16-34-17(3)29)37-23-24(22)38-28(32-7)13-12-27(6,11-9-2)39-26(28)25(23)36-19(5)31/h9,20-26H,2,8,10-16H2,1,3-7H3/t20-,21?,22?,23?,24+,25+,26-,27-,28?/m1/s1. The Morgan fingerprint density at radius 2 is 1.79 bits per heavy atom. The topological polar surface area (TPSA) is 125 Å². The van der Waals surface area contributed by atoms with Crippen molar-refractivity contribution in [3.05, 3.63) is 12.7 Å². The van der Waals surface area contributed by atoms with Gasteiger partial charge in [-0.15, -0.1) is 6.58 Å². The van der Waals surface area contributed by atoms with Gasteiger partial charge in [-0.3, -0.25) is 14.4 Å². The average Bonchev–Trinajstić information content (AvgIpc) is 3.19. The molecule has 0 radical (unpaired) electrons. The summed E-state index contributed by atoms with van der Waals surface area (Å²) in [6.45, 7) is 12.1. The van der Waals surface area contributed by atoms with Gasteiger partial charge >= 0.3 is 17.9 Å². The van der Waals surface area contributed by atoms with E-state index in [1.54, 1.807) is 13.2 Å². The summed E-state index contributed by atoms with van der Waals surface area (Å²) in [6, 6.07) is 0. The Hall–Kier alpha value is -2.05. The van der Waals surface area contributed by atoms with Crippen molar-refractivity contribution in [3.63, 3.8) is 0 Å². The van der Waals surface area contributed by atoms with Crippen molar-refractivity contribution >= 4 is 17.9 Å². The number of hydrogen-bond donors (Lipinski definition) is 0. The van der Waals surface area contributed by atoms with Crippen molar-refractivity contribution in [2.75, 3.05) is 20.3 Å². The zero-order chi connectivity index (χ0) is 28.8. The Labute approximate surface area is 230 Å². The monoisotopic (exact) mass is 556 g/mol. The molecule has 9 atom stereocenters. The van der Waals surface area contributed by atoms with Gasteiger partial charge in [0.2, 0.25) is 0 Å². The summed E-state index contributed by atoms with van der Waals surface area (Å²) in [4.78, 5) is 35.6. The minimum Gasteiger partial charge on any atom is -0.462 e. The van der Waals surface area contributed by atoms with Crippen LogP contribution in [0, 0.1) is 0 Å². The van der Waals surface area contributed by atoms with E-state index in [4.69, 9.17) is 37.9 Å². The molecule has 222 valence electrons. The fraction of sp³-hybridized carbons (Fsp3) is 0.821. The molecule has 11 heteroatoms. The number of carbonyl (C=O) groups excluding carboxylic acids is 3. The average molecular weight is 557 g/mol. The third-order valence-corrected chi connectivity index (χ3v) is 7.48. The third kappa shape index (κ3) is 7.58. The predicted molar refractivity (Wildman–Crippen MR) is 138 cm³/mol. The van der Waals surface area contributed by atoms with Gasteiger partial charge in [0.1, 0.15) is 31.0 Å². The van der Waals surface area contributed by atoms with Gasteiger partial charge in [-0.05, 0) is 26.2 Å². The number of hydrogen-bond acceptors (Lipinski definition) is 11. The lowest BCUT2D eigenvalue weighted by Gasteiger charge is -2.55. The zero-order valence-corrected chi connectivity index (χ0v) is 24.0. The smallest absolute Gasteiger partial charge is 0.303 e. The molecule has 39 heavy (non-hydrogen) atoms.